The summed E-state index contributed by atoms with van der Waals surface area (Å²) in [7, 11) is 0. The number of nitrogens with zero attached hydrogens (tertiary/aromatic N) is 3. The molecule has 0 fully saturated rings. The van der Waals surface area contributed by atoms with E-state index in [0.717, 1.165) is 28.9 Å². The van der Waals surface area contributed by atoms with Gasteiger partial charge in [0.2, 0.25) is 0 Å². The van der Waals surface area contributed by atoms with Gasteiger partial charge in [-0.25, -0.2) is 14.4 Å². The van der Waals surface area contributed by atoms with E-state index in [-0.39, 0.29) is 23.7 Å². The molecule has 9 nitrogen and oxygen atoms in total. The topological polar surface area (TPSA) is 122 Å². The van der Waals surface area contributed by atoms with E-state index in [1.807, 2.05) is 18.2 Å². The van der Waals surface area contributed by atoms with Gasteiger partial charge >= 0.3 is 0 Å². The fraction of sp³-hybridized carbons (Fsp3) is 0.160. The standard InChI is InChI=1S/C25H21FN6O3/c26-19-4-2-16(3-5-19)23-18(13-31-32-23)12-28-25(34)21-10-20(29-14-30-21)24(33)27-11-15-1-6-22-17(9-15)7-8-35-22/h1-6,9-10,13-14H,7-8,11-12H2,(H,27,33)(H,28,34)(H,31,32). The summed E-state index contributed by atoms with van der Waals surface area (Å²) in [6.07, 6.45) is 3.69. The van der Waals surface area contributed by atoms with Crippen molar-refractivity contribution >= 4 is 11.8 Å². The molecule has 0 spiro atoms. The third-order valence-electron chi connectivity index (χ3n) is 5.62. The van der Waals surface area contributed by atoms with Crippen LogP contribution < -0.4 is 15.4 Å². The number of H-pyrrole nitrogens is 1. The van der Waals surface area contributed by atoms with Gasteiger partial charge in [-0.05, 0) is 41.5 Å². The molecule has 3 N–H and O–H groups in total. The molecule has 0 atom stereocenters. The second-order valence-electron chi connectivity index (χ2n) is 7.96. The fourth-order valence-corrected chi connectivity index (χ4v) is 3.80. The summed E-state index contributed by atoms with van der Waals surface area (Å²) in [6, 6.07) is 13.1. The van der Waals surface area contributed by atoms with Crippen molar-refractivity contribution in [2.45, 2.75) is 19.5 Å². The van der Waals surface area contributed by atoms with Crippen LogP contribution in [0.5, 0.6) is 5.75 Å². The van der Waals surface area contributed by atoms with Crippen molar-refractivity contribution in [2.24, 2.45) is 0 Å². The van der Waals surface area contributed by atoms with E-state index in [9.17, 15) is 14.0 Å². The first-order valence-corrected chi connectivity index (χ1v) is 11.0. The van der Waals surface area contributed by atoms with Crippen molar-refractivity contribution < 1.29 is 18.7 Å². The van der Waals surface area contributed by atoms with Crippen molar-refractivity contribution in [3.8, 4) is 17.0 Å². The molecule has 4 aromatic rings. The molecule has 10 heteroatoms. The third kappa shape index (κ3) is 5.01. The quantitative estimate of drug-likeness (QED) is 0.380. The number of halogens is 1. The molecule has 0 unspecified atom stereocenters. The minimum atomic E-state index is -0.466. The number of carbonyl (C=O) groups excluding carboxylic acids is 2. The number of hydrogen-bond acceptors (Lipinski definition) is 6. The summed E-state index contributed by atoms with van der Waals surface area (Å²) in [6.45, 7) is 1.16. The highest BCUT2D eigenvalue weighted by atomic mass is 19.1. The molecule has 0 saturated carbocycles. The van der Waals surface area contributed by atoms with Crippen LogP contribution in [0.15, 0.2) is 61.1 Å². The molecule has 0 saturated heterocycles. The molecule has 176 valence electrons. The number of aromatic amines is 1. The van der Waals surface area contributed by atoms with Crippen LogP contribution in [0.25, 0.3) is 11.3 Å². The Kier molecular flexibility index (Phi) is 6.16. The number of hydrogen-bond donors (Lipinski definition) is 3. The Bertz CT molecular complexity index is 1390. The second-order valence-corrected chi connectivity index (χ2v) is 7.96. The molecule has 0 radical (unpaired) electrons. The van der Waals surface area contributed by atoms with Crippen LogP contribution in [-0.2, 0) is 19.5 Å². The van der Waals surface area contributed by atoms with Crippen molar-refractivity contribution in [3.05, 3.63) is 95.0 Å². The lowest BCUT2D eigenvalue weighted by Crippen LogP contribution is -2.27. The predicted molar refractivity (Wildman–Crippen MR) is 124 cm³/mol. The summed E-state index contributed by atoms with van der Waals surface area (Å²) in [5, 5.41) is 12.5. The average molecular weight is 472 g/mol. The number of rotatable bonds is 7. The fourth-order valence-electron chi connectivity index (χ4n) is 3.80. The lowest BCUT2D eigenvalue weighted by molar-refractivity contribution is 0.0944. The first-order valence-electron chi connectivity index (χ1n) is 11.0. The monoisotopic (exact) mass is 472 g/mol. The largest absolute Gasteiger partial charge is 0.493 e. The van der Waals surface area contributed by atoms with E-state index in [2.05, 4.69) is 30.8 Å². The maximum absolute atomic E-state index is 13.2. The molecule has 35 heavy (non-hydrogen) atoms. The van der Waals surface area contributed by atoms with Crippen LogP contribution in [0, 0.1) is 5.82 Å². The zero-order valence-electron chi connectivity index (χ0n) is 18.5. The molecule has 2 aromatic carbocycles. The molecule has 0 aliphatic carbocycles. The number of benzene rings is 2. The molecular weight excluding hydrogens is 451 g/mol. The summed E-state index contributed by atoms with van der Waals surface area (Å²) in [5.74, 6) is -0.339. The van der Waals surface area contributed by atoms with Gasteiger partial charge in [-0.3, -0.25) is 14.7 Å². The van der Waals surface area contributed by atoms with Crippen molar-refractivity contribution in [1.29, 1.82) is 0 Å². The molecule has 1 aliphatic heterocycles. The number of ether oxygens (including phenoxy) is 1. The lowest BCUT2D eigenvalue weighted by atomic mass is 10.1. The Morgan fingerprint density at radius 2 is 1.71 bits per heavy atom. The van der Waals surface area contributed by atoms with Gasteiger partial charge in [0.05, 0.1) is 12.3 Å². The van der Waals surface area contributed by atoms with Crippen molar-refractivity contribution in [2.75, 3.05) is 6.61 Å². The molecule has 2 aromatic heterocycles. The normalized spacial score (nSPS) is 12.0. The minimum Gasteiger partial charge on any atom is -0.493 e. The van der Waals surface area contributed by atoms with Crippen LogP contribution in [0.2, 0.25) is 0 Å². The van der Waals surface area contributed by atoms with Gasteiger partial charge in [-0.15, -0.1) is 0 Å². The maximum atomic E-state index is 13.2. The molecule has 1 aliphatic rings. The highest BCUT2D eigenvalue weighted by Crippen LogP contribution is 2.26. The Labute approximate surface area is 199 Å². The molecule has 3 heterocycles. The van der Waals surface area contributed by atoms with Gasteiger partial charge in [0.15, 0.2) is 0 Å². The zero-order chi connectivity index (χ0) is 24.2. The molecule has 5 rings (SSSR count). The lowest BCUT2D eigenvalue weighted by Gasteiger charge is -2.08. The number of nitrogens with one attached hydrogen (secondary N) is 3. The summed E-state index contributed by atoms with van der Waals surface area (Å²) in [5.41, 5.74) is 4.26. The number of aromatic nitrogens is 4. The van der Waals surface area contributed by atoms with E-state index in [4.69, 9.17) is 4.74 Å². The number of carbonyl (C=O) groups is 2. The molecule has 0 bridgehead atoms. The van der Waals surface area contributed by atoms with E-state index in [1.54, 1.807) is 18.3 Å². The maximum Gasteiger partial charge on any atom is 0.270 e. The van der Waals surface area contributed by atoms with Gasteiger partial charge in [-0.2, -0.15) is 5.10 Å². The Morgan fingerprint density at radius 3 is 2.49 bits per heavy atom. The molecular formula is C25H21FN6O3. The smallest absolute Gasteiger partial charge is 0.270 e. The molecule has 2 amide bonds. The van der Waals surface area contributed by atoms with Crippen LogP contribution >= 0.6 is 0 Å². The first kappa shape index (κ1) is 22.2. The van der Waals surface area contributed by atoms with E-state index in [1.165, 1.54) is 24.5 Å². The van der Waals surface area contributed by atoms with Gasteiger partial charge in [0, 0.05) is 42.9 Å². The zero-order valence-corrected chi connectivity index (χ0v) is 18.5. The first-order chi connectivity index (χ1) is 17.1. The number of amides is 2. The minimum absolute atomic E-state index is 0.0617. The van der Waals surface area contributed by atoms with E-state index in [0.29, 0.717) is 24.4 Å². The summed E-state index contributed by atoms with van der Waals surface area (Å²) >= 11 is 0. The second kappa shape index (κ2) is 9.72. The summed E-state index contributed by atoms with van der Waals surface area (Å²) in [4.78, 5) is 33.3. The van der Waals surface area contributed by atoms with Gasteiger partial charge in [-0.1, -0.05) is 12.1 Å². The third-order valence-corrected chi connectivity index (χ3v) is 5.62. The highest BCUT2D eigenvalue weighted by Gasteiger charge is 2.16. The predicted octanol–water partition coefficient (Wildman–Crippen LogP) is 2.80. The Morgan fingerprint density at radius 1 is 0.971 bits per heavy atom. The Hall–Kier alpha value is -4.60. The van der Waals surface area contributed by atoms with E-state index < -0.39 is 11.8 Å². The van der Waals surface area contributed by atoms with Gasteiger partial charge in [0.1, 0.15) is 29.3 Å². The summed E-state index contributed by atoms with van der Waals surface area (Å²) < 4.78 is 18.7. The Balaban J connectivity index is 1.20. The van der Waals surface area contributed by atoms with Crippen LogP contribution in [-0.4, -0.2) is 38.6 Å². The van der Waals surface area contributed by atoms with Crippen molar-refractivity contribution in [1.82, 2.24) is 30.8 Å². The van der Waals surface area contributed by atoms with Crippen LogP contribution in [0.1, 0.15) is 37.7 Å². The SMILES string of the molecule is O=C(NCc1ccc2c(c1)CCO2)c1cc(C(=O)NCc2c[nH]nc2-c2ccc(F)cc2)ncn1. The van der Waals surface area contributed by atoms with Gasteiger partial charge < -0.3 is 15.4 Å². The van der Waals surface area contributed by atoms with Gasteiger partial charge in [0.25, 0.3) is 11.8 Å². The highest BCUT2D eigenvalue weighted by molar-refractivity contribution is 5.97. The van der Waals surface area contributed by atoms with Crippen LogP contribution in [0.3, 0.4) is 0 Å². The van der Waals surface area contributed by atoms with E-state index >= 15 is 0 Å². The average Bonchev–Trinajstić information content (AvgIpc) is 3.55. The number of fused-ring (bicyclic) bond motifs is 1. The van der Waals surface area contributed by atoms with Crippen molar-refractivity contribution in [3.63, 3.8) is 0 Å². The van der Waals surface area contributed by atoms with Crippen LogP contribution in [0.4, 0.5) is 4.39 Å².